The number of hydrogen-bond donors (Lipinski definition) is 1. The maximum Gasteiger partial charge on any atom is 0.230 e. The molecule has 1 atom stereocenters. The highest BCUT2D eigenvalue weighted by Gasteiger charge is 2.40. The van der Waals surface area contributed by atoms with E-state index in [-0.39, 0.29) is 5.41 Å². The van der Waals surface area contributed by atoms with Crippen LogP contribution >= 0.6 is 0 Å². The normalized spacial score (nSPS) is 29.9. The molecule has 0 aliphatic carbocycles. The Morgan fingerprint density at radius 3 is 2.72 bits per heavy atom. The highest BCUT2D eigenvalue weighted by molar-refractivity contribution is 5.82. The number of rotatable bonds is 2. The minimum atomic E-state index is -0.276. The van der Waals surface area contributed by atoms with E-state index in [1.54, 1.807) is 0 Å². The van der Waals surface area contributed by atoms with Crippen LogP contribution in [0.5, 0.6) is 0 Å². The standard InChI is InChI=1S/C14H27N3O/c1-11(2)16-8-5-6-12(16)17-9-7-15-10-14(3,4)13(17)18/h11-12,15H,5-10H2,1-4H3. The molecule has 0 spiro atoms. The molecule has 0 bridgehead atoms. The molecule has 1 amide bonds. The summed E-state index contributed by atoms with van der Waals surface area (Å²) < 4.78 is 0. The molecule has 2 aliphatic rings. The zero-order chi connectivity index (χ0) is 13.3. The van der Waals surface area contributed by atoms with Crippen LogP contribution in [0.1, 0.15) is 40.5 Å². The fourth-order valence-electron chi connectivity index (χ4n) is 3.16. The largest absolute Gasteiger partial charge is 0.325 e. The Balaban J connectivity index is 2.17. The second-order valence-electron chi connectivity index (χ2n) is 6.51. The molecule has 1 unspecified atom stereocenters. The Bertz CT molecular complexity index is 314. The average Bonchev–Trinajstić information content (AvgIpc) is 2.72. The summed E-state index contributed by atoms with van der Waals surface area (Å²) in [6.07, 6.45) is 2.65. The lowest BCUT2D eigenvalue weighted by Crippen LogP contribution is -2.53. The highest BCUT2D eigenvalue weighted by Crippen LogP contribution is 2.28. The molecule has 0 radical (unpaired) electrons. The van der Waals surface area contributed by atoms with Gasteiger partial charge in [-0.15, -0.1) is 0 Å². The molecule has 0 aromatic heterocycles. The topological polar surface area (TPSA) is 35.6 Å². The van der Waals surface area contributed by atoms with E-state index in [1.807, 2.05) is 0 Å². The van der Waals surface area contributed by atoms with Crippen molar-refractivity contribution in [3.8, 4) is 0 Å². The molecule has 0 saturated carbocycles. The van der Waals surface area contributed by atoms with Gasteiger partial charge in [-0.1, -0.05) is 0 Å². The summed E-state index contributed by atoms with van der Waals surface area (Å²) in [5, 5.41) is 3.38. The van der Waals surface area contributed by atoms with E-state index in [2.05, 4.69) is 42.8 Å². The SMILES string of the molecule is CC(C)N1CCCC1N1CCNCC(C)(C)C1=O. The minimum Gasteiger partial charge on any atom is -0.325 e. The van der Waals surface area contributed by atoms with Crippen LogP contribution in [-0.4, -0.2) is 54.1 Å². The summed E-state index contributed by atoms with van der Waals surface area (Å²) in [6, 6.07) is 0.518. The van der Waals surface area contributed by atoms with Crippen LogP contribution in [0.4, 0.5) is 0 Å². The van der Waals surface area contributed by atoms with E-state index in [1.165, 1.54) is 6.42 Å². The van der Waals surface area contributed by atoms with Crippen molar-refractivity contribution in [2.75, 3.05) is 26.2 Å². The monoisotopic (exact) mass is 253 g/mol. The third-order valence-corrected chi connectivity index (χ3v) is 4.22. The second-order valence-corrected chi connectivity index (χ2v) is 6.51. The molecule has 2 rings (SSSR count). The van der Waals surface area contributed by atoms with Gasteiger partial charge < -0.3 is 10.2 Å². The summed E-state index contributed by atoms with van der Waals surface area (Å²) in [7, 11) is 0. The third kappa shape index (κ3) is 2.54. The number of amides is 1. The van der Waals surface area contributed by atoms with E-state index >= 15 is 0 Å². The van der Waals surface area contributed by atoms with Crippen molar-refractivity contribution in [1.82, 2.24) is 15.1 Å². The Labute approximate surface area is 111 Å². The Morgan fingerprint density at radius 2 is 2.06 bits per heavy atom. The van der Waals surface area contributed by atoms with Gasteiger partial charge in [0, 0.05) is 32.2 Å². The summed E-state index contributed by atoms with van der Waals surface area (Å²) in [6.45, 7) is 12.2. The fraction of sp³-hybridized carbons (Fsp3) is 0.929. The predicted octanol–water partition coefficient (Wildman–Crippen LogP) is 1.27. The lowest BCUT2D eigenvalue weighted by atomic mass is 9.91. The van der Waals surface area contributed by atoms with Crippen molar-refractivity contribution in [1.29, 1.82) is 0 Å². The number of hydrogen-bond acceptors (Lipinski definition) is 3. The van der Waals surface area contributed by atoms with Gasteiger partial charge in [-0.3, -0.25) is 9.69 Å². The lowest BCUT2D eigenvalue weighted by molar-refractivity contribution is -0.145. The molecule has 18 heavy (non-hydrogen) atoms. The van der Waals surface area contributed by atoms with Gasteiger partial charge in [-0.05, 0) is 40.5 Å². The van der Waals surface area contributed by atoms with Crippen LogP contribution in [-0.2, 0) is 4.79 Å². The van der Waals surface area contributed by atoms with E-state index < -0.39 is 0 Å². The van der Waals surface area contributed by atoms with Gasteiger partial charge in [0.2, 0.25) is 5.91 Å². The second kappa shape index (κ2) is 5.17. The zero-order valence-electron chi connectivity index (χ0n) is 12.2. The average molecular weight is 253 g/mol. The van der Waals surface area contributed by atoms with Gasteiger partial charge in [0.05, 0.1) is 11.6 Å². The maximum atomic E-state index is 12.7. The molecular weight excluding hydrogens is 226 g/mol. The van der Waals surface area contributed by atoms with Crippen molar-refractivity contribution < 1.29 is 4.79 Å². The van der Waals surface area contributed by atoms with Crippen LogP contribution in [0.2, 0.25) is 0 Å². The molecule has 4 nitrogen and oxygen atoms in total. The highest BCUT2D eigenvalue weighted by atomic mass is 16.2. The molecule has 1 N–H and O–H groups in total. The van der Waals surface area contributed by atoms with Gasteiger partial charge in [0.15, 0.2) is 0 Å². The van der Waals surface area contributed by atoms with E-state index in [0.29, 0.717) is 18.1 Å². The first-order valence-corrected chi connectivity index (χ1v) is 7.21. The van der Waals surface area contributed by atoms with Gasteiger partial charge in [-0.2, -0.15) is 0 Å². The molecule has 2 saturated heterocycles. The van der Waals surface area contributed by atoms with Crippen molar-refractivity contribution in [2.45, 2.75) is 52.7 Å². The number of carbonyl (C=O) groups is 1. The zero-order valence-corrected chi connectivity index (χ0v) is 12.2. The Hall–Kier alpha value is -0.610. The van der Waals surface area contributed by atoms with Crippen LogP contribution < -0.4 is 5.32 Å². The van der Waals surface area contributed by atoms with E-state index in [0.717, 1.165) is 32.6 Å². The summed E-state index contributed by atoms with van der Waals surface area (Å²) in [5.41, 5.74) is -0.276. The Kier molecular flexibility index (Phi) is 3.97. The van der Waals surface area contributed by atoms with Crippen molar-refractivity contribution in [3.63, 3.8) is 0 Å². The number of likely N-dealkylation sites (tertiary alicyclic amines) is 1. The van der Waals surface area contributed by atoms with Gasteiger partial charge >= 0.3 is 0 Å². The van der Waals surface area contributed by atoms with Crippen LogP contribution in [0.25, 0.3) is 0 Å². The Morgan fingerprint density at radius 1 is 1.33 bits per heavy atom. The van der Waals surface area contributed by atoms with Crippen molar-refractivity contribution in [2.24, 2.45) is 5.41 Å². The quantitative estimate of drug-likeness (QED) is 0.805. The first kappa shape index (κ1) is 13.8. The van der Waals surface area contributed by atoms with Crippen LogP contribution in [0, 0.1) is 5.41 Å². The van der Waals surface area contributed by atoms with E-state index in [9.17, 15) is 4.79 Å². The summed E-state index contributed by atoms with van der Waals surface area (Å²) in [5.74, 6) is 0.310. The minimum absolute atomic E-state index is 0.276. The molecule has 0 aromatic rings. The third-order valence-electron chi connectivity index (χ3n) is 4.22. The van der Waals surface area contributed by atoms with Crippen LogP contribution in [0.3, 0.4) is 0 Å². The van der Waals surface area contributed by atoms with Crippen molar-refractivity contribution in [3.05, 3.63) is 0 Å². The number of carbonyl (C=O) groups excluding carboxylic acids is 1. The predicted molar refractivity (Wildman–Crippen MR) is 73.2 cm³/mol. The van der Waals surface area contributed by atoms with Gasteiger partial charge in [-0.25, -0.2) is 0 Å². The van der Waals surface area contributed by atoms with Crippen molar-refractivity contribution >= 4 is 5.91 Å². The molecule has 0 aromatic carbocycles. The maximum absolute atomic E-state index is 12.7. The first-order valence-electron chi connectivity index (χ1n) is 7.21. The summed E-state index contributed by atoms with van der Waals surface area (Å²) >= 11 is 0. The molecule has 2 aliphatic heterocycles. The van der Waals surface area contributed by atoms with E-state index in [4.69, 9.17) is 0 Å². The molecule has 4 heteroatoms. The van der Waals surface area contributed by atoms with Crippen LogP contribution in [0.15, 0.2) is 0 Å². The molecule has 104 valence electrons. The molecule has 2 heterocycles. The number of nitrogens with one attached hydrogen (secondary N) is 1. The summed E-state index contributed by atoms with van der Waals surface area (Å²) in [4.78, 5) is 17.3. The lowest BCUT2D eigenvalue weighted by Gasteiger charge is -2.39. The first-order chi connectivity index (χ1) is 8.43. The number of nitrogens with zero attached hydrogens (tertiary/aromatic N) is 2. The smallest absolute Gasteiger partial charge is 0.230 e. The fourth-order valence-corrected chi connectivity index (χ4v) is 3.16. The molecule has 2 fully saturated rings. The van der Waals surface area contributed by atoms with Gasteiger partial charge in [0.25, 0.3) is 0 Å². The molecular formula is C14H27N3O. The van der Waals surface area contributed by atoms with Gasteiger partial charge in [0.1, 0.15) is 0 Å².